The number of ether oxygens (including phenoxy) is 1. The van der Waals surface area contributed by atoms with Crippen molar-refractivity contribution in [3.63, 3.8) is 0 Å². The molecular formula is C37H45N5O6. The van der Waals surface area contributed by atoms with Gasteiger partial charge in [-0.2, -0.15) is 0 Å². The molecule has 1 saturated heterocycles. The first-order valence-electron chi connectivity index (χ1n) is 16.2. The number of nitrogens with one attached hydrogen (secondary N) is 3. The van der Waals surface area contributed by atoms with Crippen LogP contribution in [0.2, 0.25) is 0 Å². The molecule has 1 aliphatic heterocycles. The molecule has 11 heteroatoms. The lowest BCUT2D eigenvalue weighted by Gasteiger charge is -2.30. The van der Waals surface area contributed by atoms with Crippen LogP contribution < -0.4 is 20.7 Å². The number of nitrogens with zero attached hydrogens (tertiary/aromatic N) is 2. The van der Waals surface area contributed by atoms with E-state index in [1.54, 1.807) is 32.2 Å². The predicted molar refractivity (Wildman–Crippen MR) is 183 cm³/mol. The van der Waals surface area contributed by atoms with E-state index in [0.29, 0.717) is 17.7 Å². The molecule has 5 amide bonds. The van der Waals surface area contributed by atoms with E-state index >= 15 is 0 Å². The Balaban J connectivity index is 1.64. The molecule has 4 rings (SSSR count). The molecule has 0 saturated carbocycles. The molecule has 48 heavy (non-hydrogen) atoms. The summed E-state index contributed by atoms with van der Waals surface area (Å²) in [7, 11) is 3.09. The normalized spacial score (nSPS) is 19.9. The number of carbonyl (C=O) groups is 5. The van der Waals surface area contributed by atoms with Crippen LogP contribution in [0.5, 0.6) is 5.75 Å². The Hall–Kier alpha value is -5.19. The molecule has 0 spiro atoms. The molecule has 0 aliphatic carbocycles. The van der Waals surface area contributed by atoms with Crippen molar-refractivity contribution < 1.29 is 28.7 Å². The number of likely N-dealkylation sites (N-methyl/N-ethyl adjacent to an activating group) is 1. The van der Waals surface area contributed by atoms with Crippen LogP contribution in [0.25, 0.3) is 11.1 Å². The van der Waals surface area contributed by atoms with Crippen LogP contribution >= 0.6 is 0 Å². The number of methoxy groups -OCH3 is 1. The predicted octanol–water partition coefficient (Wildman–Crippen LogP) is 3.04. The van der Waals surface area contributed by atoms with Gasteiger partial charge in [0.15, 0.2) is 0 Å². The van der Waals surface area contributed by atoms with Gasteiger partial charge in [-0.3, -0.25) is 24.0 Å². The van der Waals surface area contributed by atoms with E-state index in [4.69, 9.17) is 4.74 Å². The molecule has 1 heterocycles. The molecule has 0 aromatic heterocycles. The van der Waals surface area contributed by atoms with Gasteiger partial charge in [0.1, 0.15) is 23.9 Å². The molecule has 3 atom stereocenters. The zero-order valence-electron chi connectivity index (χ0n) is 28.2. The highest BCUT2D eigenvalue weighted by Gasteiger charge is 2.33. The number of hydrogen-bond donors (Lipinski definition) is 3. The van der Waals surface area contributed by atoms with Crippen LogP contribution in [0.4, 0.5) is 0 Å². The maximum atomic E-state index is 14.0. The lowest BCUT2D eigenvalue weighted by atomic mass is 10.0. The van der Waals surface area contributed by atoms with Gasteiger partial charge < -0.3 is 30.5 Å². The topological polar surface area (TPSA) is 137 Å². The summed E-state index contributed by atoms with van der Waals surface area (Å²) in [5.74, 6) is -1.56. The number of carbonyl (C=O) groups excluding carboxylic acids is 5. The van der Waals surface area contributed by atoms with E-state index in [1.165, 1.54) is 16.8 Å². The highest BCUT2D eigenvalue weighted by molar-refractivity contribution is 5.99. The maximum absolute atomic E-state index is 14.0. The molecule has 11 nitrogen and oxygen atoms in total. The van der Waals surface area contributed by atoms with Gasteiger partial charge >= 0.3 is 0 Å². The van der Waals surface area contributed by atoms with Crippen molar-refractivity contribution in [2.24, 2.45) is 5.92 Å². The van der Waals surface area contributed by atoms with Gasteiger partial charge in [-0.25, -0.2) is 0 Å². The van der Waals surface area contributed by atoms with Crippen LogP contribution in [0.3, 0.4) is 0 Å². The van der Waals surface area contributed by atoms with Crippen molar-refractivity contribution in [2.75, 3.05) is 33.8 Å². The first kappa shape index (κ1) is 35.7. The van der Waals surface area contributed by atoms with E-state index in [-0.39, 0.29) is 32.0 Å². The fourth-order valence-corrected chi connectivity index (χ4v) is 5.56. The van der Waals surface area contributed by atoms with E-state index in [9.17, 15) is 24.0 Å². The van der Waals surface area contributed by atoms with Crippen molar-refractivity contribution >= 4 is 29.5 Å². The van der Waals surface area contributed by atoms with Gasteiger partial charge in [0.05, 0.1) is 13.7 Å². The molecule has 0 unspecified atom stereocenters. The smallest absolute Gasteiger partial charge is 0.254 e. The Morgan fingerprint density at radius 1 is 0.875 bits per heavy atom. The Morgan fingerprint density at radius 2 is 1.58 bits per heavy atom. The Kier molecular flexibility index (Phi) is 12.3. The summed E-state index contributed by atoms with van der Waals surface area (Å²) < 4.78 is 5.26. The zero-order chi connectivity index (χ0) is 34.8. The fourth-order valence-electron chi connectivity index (χ4n) is 5.56. The highest BCUT2D eigenvalue weighted by Crippen LogP contribution is 2.24. The fraction of sp³-hybridized carbons (Fsp3) is 0.378. The lowest BCUT2D eigenvalue weighted by molar-refractivity contribution is -0.142. The number of hydrogen-bond acceptors (Lipinski definition) is 6. The van der Waals surface area contributed by atoms with Crippen LogP contribution in [0.15, 0.2) is 78.9 Å². The third kappa shape index (κ3) is 9.43. The number of amides is 5. The van der Waals surface area contributed by atoms with E-state index in [2.05, 4.69) is 16.0 Å². The second kappa shape index (κ2) is 16.6. The molecule has 0 bridgehead atoms. The van der Waals surface area contributed by atoms with Crippen molar-refractivity contribution in [3.8, 4) is 16.9 Å². The van der Waals surface area contributed by atoms with Gasteiger partial charge in [-0.1, -0.05) is 68.4 Å². The maximum Gasteiger partial charge on any atom is 0.254 e. The van der Waals surface area contributed by atoms with Gasteiger partial charge in [-0.05, 0) is 60.2 Å². The highest BCUT2D eigenvalue weighted by atomic mass is 16.5. The number of rotatable bonds is 7. The number of benzene rings is 3. The first-order chi connectivity index (χ1) is 23.0. The summed E-state index contributed by atoms with van der Waals surface area (Å²) in [5.41, 5.74) is 2.89. The minimum Gasteiger partial charge on any atom is -0.497 e. The minimum absolute atomic E-state index is 0.00978. The molecule has 3 N–H and O–H groups in total. The first-order valence-corrected chi connectivity index (χ1v) is 16.2. The third-order valence-corrected chi connectivity index (χ3v) is 8.40. The standard InChI is InChI=1S/C37H45N5O6/c1-24(2)20-32-37(47)41(4)25(3)34(44)40-31(21-26-10-7-6-8-11-26)35(45)38-18-19-42(23-33(43)39-32)36(46)29-13-9-12-28(22-29)27-14-16-30(48-5)17-15-27/h6-17,22,24-25,31-32H,18-21,23H2,1-5H3,(H,38,45)(H,39,43)(H,40,44)/t25-,31-,32-/m0/s1. The van der Waals surface area contributed by atoms with Crippen LogP contribution in [-0.2, 0) is 25.6 Å². The van der Waals surface area contributed by atoms with Crippen molar-refractivity contribution in [2.45, 2.75) is 51.7 Å². The summed E-state index contributed by atoms with van der Waals surface area (Å²) in [5, 5.41) is 8.47. The lowest BCUT2D eigenvalue weighted by Crippen LogP contribution is -2.57. The summed E-state index contributed by atoms with van der Waals surface area (Å²) >= 11 is 0. The Morgan fingerprint density at radius 3 is 2.25 bits per heavy atom. The summed E-state index contributed by atoms with van der Waals surface area (Å²) in [4.78, 5) is 70.6. The van der Waals surface area contributed by atoms with E-state index in [1.807, 2.05) is 74.5 Å². The average molecular weight is 656 g/mol. The van der Waals surface area contributed by atoms with Crippen molar-refractivity contribution in [3.05, 3.63) is 90.0 Å². The molecule has 3 aromatic rings. The molecule has 1 fully saturated rings. The summed E-state index contributed by atoms with van der Waals surface area (Å²) in [6.45, 7) is 5.14. The van der Waals surface area contributed by atoms with Crippen LogP contribution in [-0.4, -0.2) is 91.3 Å². The minimum atomic E-state index is -0.937. The molecule has 0 radical (unpaired) electrons. The largest absolute Gasteiger partial charge is 0.497 e. The second-order valence-electron chi connectivity index (χ2n) is 12.5. The zero-order valence-corrected chi connectivity index (χ0v) is 28.2. The Labute approximate surface area is 282 Å². The van der Waals surface area contributed by atoms with Gasteiger partial charge in [0.25, 0.3) is 5.91 Å². The third-order valence-electron chi connectivity index (χ3n) is 8.40. The quantitative estimate of drug-likeness (QED) is 0.358. The molecule has 3 aromatic carbocycles. The molecule has 1 aliphatic rings. The molecule has 254 valence electrons. The van der Waals surface area contributed by atoms with E-state index < -0.39 is 47.7 Å². The SMILES string of the molecule is COc1ccc(-c2cccc(C(=O)N3CCNC(=O)[C@H](Cc4ccccc4)NC(=O)[C@H](C)N(C)C(=O)[C@H](CC(C)C)NC(=O)C3)c2)cc1. The van der Waals surface area contributed by atoms with Gasteiger partial charge in [0, 0.05) is 32.1 Å². The summed E-state index contributed by atoms with van der Waals surface area (Å²) in [6.07, 6.45) is 0.553. The van der Waals surface area contributed by atoms with E-state index in [0.717, 1.165) is 16.7 Å². The van der Waals surface area contributed by atoms with Crippen LogP contribution in [0.1, 0.15) is 43.1 Å². The van der Waals surface area contributed by atoms with Gasteiger partial charge in [0.2, 0.25) is 23.6 Å². The van der Waals surface area contributed by atoms with Crippen molar-refractivity contribution in [1.82, 2.24) is 25.8 Å². The van der Waals surface area contributed by atoms with Crippen LogP contribution in [0, 0.1) is 5.92 Å². The molecular weight excluding hydrogens is 610 g/mol. The van der Waals surface area contributed by atoms with Crippen molar-refractivity contribution in [1.29, 1.82) is 0 Å². The summed E-state index contributed by atoms with van der Waals surface area (Å²) in [6, 6.07) is 21.1. The average Bonchev–Trinajstić information content (AvgIpc) is 3.09. The monoisotopic (exact) mass is 655 g/mol. The second-order valence-corrected chi connectivity index (χ2v) is 12.5. The Bertz CT molecular complexity index is 1590. The van der Waals surface area contributed by atoms with Gasteiger partial charge in [-0.15, -0.1) is 0 Å².